The lowest BCUT2D eigenvalue weighted by Crippen LogP contribution is -2.30. The molecule has 0 amide bonds. The van der Waals surface area contributed by atoms with E-state index >= 15 is 0 Å². The minimum Gasteiger partial charge on any atom is -0.458 e. The number of nitrogens with two attached hydrogens (primary N) is 1. The fourth-order valence-corrected chi connectivity index (χ4v) is 3.53. The van der Waals surface area contributed by atoms with Crippen molar-refractivity contribution in [1.29, 1.82) is 0 Å². The van der Waals surface area contributed by atoms with Gasteiger partial charge in [0.1, 0.15) is 5.76 Å². The van der Waals surface area contributed by atoms with E-state index in [4.69, 9.17) is 26.5 Å². The second kappa shape index (κ2) is 5.06. The summed E-state index contributed by atoms with van der Waals surface area (Å²) < 4.78 is 11.8. The van der Waals surface area contributed by atoms with Crippen molar-refractivity contribution in [1.82, 2.24) is 0 Å². The zero-order valence-corrected chi connectivity index (χ0v) is 12.7. The SMILES string of the molecule is CC1OC(C)C(C(N)c2cc3cccc(Cl)c3o2)C1C. The highest BCUT2D eigenvalue weighted by Crippen LogP contribution is 2.41. The molecule has 2 N–H and O–H groups in total. The van der Waals surface area contributed by atoms with Crippen molar-refractivity contribution in [2.75, 3.05) is 0 Å². The maximum absolute atomic E-state index is 6.44. The second-order valence-electron chi connectivity index (χ2n) is 5.82. The van der Waals surface area contributed by atoms with Gasteiger partial charge >= 0.3 is 0 Å². The molecule has 0 bridgehead atoms. The molecule has 3 nitrogen and oxygen atoms in total. The lowest BCUT2D eigenvalue weighted by atomic mass is 9.83. The summed E-state index contributed by atoms with van der Waals surface area (Å²) in [7, 11) is 0. The van der Waals surface area contributed by atoms with E-state index < -0.39 is 0 Å². The molecule has 108 valence electrons. The van der Waals surface area contributed by atoms with E-state index in [0.29, 0.717) is 16.5 Å². The van der Waals surface area contributed by atoms with E-state index in [9.17, 15) is 0 Å². The normalized spacial score (nSPS) is 31.9. The summed E-state index contributed by atoms with van der Waals surface area (Å²) in [6.45, 7) is 6.37. The Morgan fingerprint density at radius 1 is 1.20 bits per heavy atom. The molecule has 20 heavy (non-hydrogen) atoms. The van der Waals surface area contributed by atoms with Crippen molar-refractivity contribution in [3.63, 3.8) is 0 Å². The molecule has 4 heteroatoms. The number of benzene rings is 1. The number of halogens is 1. The predicted molar refractivity (Wildman–Crippen MR) is 80.8 cm³/mol. The smallest absolute Gasteiger partial charge is 0.152 e. The number of fused-ring (bicyclic) bond motifs is 1. The zero-order valence-electron chi connectivity index (χ0n) is 12.0. The summed E-state index contributed by atoms with van der Waals surface area (Å²) in [6.07, 6.45) is 0.368. The molecule has 2 aromatic rings. The number of hydrogen-bond donors (Lipinski definition) is 1. The minimum atomic E-state index is -0.173. The average molecular weight is 294 g/mol. The fourth-order valence-electron chi connectivity index (χ4n) is 3.31. The van der Waals surface area contributed by atoms with Crippen molar-refractivity contribution < 1.29 is 9.15 Å². The summed E-state index contributed by atoms with van der Waals surface area (Å²) in [6, 6.07) is 7.56. The van der Waals surface area contributed by atoms with Gasteiger partial charge < -0.3 is 14.9 Å². The highest BCUT2D eigenvalue weighted by Gasteiger charge is 2.41. The fraction of sp³-hybridized carbons (Fsp3) is 0.500. The number of furan rings is 1. The lowest BCUT2D eigenvalue weighted by Gasteiger charge is -2.23. The van der Waals surface area contributed by atoms with Gasteiger partial charge in [-0.25, -0.2) is 0 Å². The molecule has 0 radical (unpaired) electrons. The maximum atomic E-state index is 6.44. The molecule has 5 unspecified atom stereocenters. The second-order valence-corrected chi connectivity index (χ2v) is 6.22. The Labute approximate surface area is 124 Å². The van der Waals surface area contributed by atoms with Crippen molar-refractivity contribution in [3.05, 3.63) is 35.0 Å². The molecule has 0 saturated carbocycles. The first kappa shape index (κ1) is 13.9. The molecule has 1 fully saturated rings. The third-order valence-electron chi connectivity index (χ3n) is 4.58. The molecule has 0 spiro atoms. The Kier molecular flexibility index (Phi) is 3.53. The Morgan fingerprint density at radius 2 is 1.95 bits per heavy atom. The van der Waals surface area contributed by atoms with E-state index in [1.165, 1.54) is 0 Å². The van der Waals surface area contributed by atoms with Gasteiger partial charge in [0, 0.05) is 11.3 Å². The molecule has 2 heterocycles. The van der Waals surface area contributed by atoms with Gasteiger partial charge in [0.05, 0.1) is 23.3 Å². The van der Waals surface area contributed by atoms with Gasteiger partial charge in [-0.05, 0) is 31.9 Å². The van der Waals surface area contributed by atoms with Crippen LogP contribution in [0, 0.1) is 11.8 Å². The van der Waals surface area contributed by atoms with Gasteiger partial charge in [0.15, 0.2) is 5.58 Å². The standard InChI is InChI=1S/C16H20ClNO2/c1-8-9(2)19-10(3)14(8)15(18)13-7-11-5-4-6-12(17)16(11)20-13/h4-10,14-15H,18H2,1-3H3. The van der Waals surface area contributed by atoms with Gasteiger partial charge in [-0.2, -0.15) is 0 Å². The summed E-state index contributed by atoms with van der Waals surface area (Å²) >= 11 is 6.16. The average Bonchev–Trinajstić information content (AvgIpc) is 2.93. The number of rotatable bonds is 2. The molecule has 1 aliphatic rings. The van der Waals surface area contributed by atoms with E-state index in [0.717, 1.165) is 11.1 Å². The van der Waals surface area contributed by atoms with Crippen molar-refractivity contribution in [2.24, 2.45) is 17.6 Å². The van der Waals surface area contributed by atoms with Crippen LogP contribution in [0.4, 0.5) is 0 Å². The van der Waals surface area contributed by atoms with Gasteiger partial charge in [-0.15, -0.1) is 0 Å². The molecule has 1 aromatic carbocycles. The van der Waals surface area contributed by atoms with Gasteiger partial charge in [0.2, 0.25) is 0 Å². The summed E-state index contributed by atoms with van der Waals surface area (Å²) in [4.78, 5) is 0. The third-order valence-corrected chi connectivity index (χ3v) is 4.87. The van der Waals surface area contributed by atoms with Gasteiger partial charge in [-0.3, -0.25) is 0 Å². The first-order valence-electron chi connectivity index (χ1n) is 7.08. The van der Waals surface area contributed by atoms with Crippen LogP contribution in [0.2, 0.25) is 5.02 Å². The Balaban J connectivity index is 1.96. The van der Waals surface area contributed by atoms with Crippen LogP contribution in [-0.2, 0) is 4.74 Å². The van der Waals surface area contributed by atoms with Crippen LogP contribution < -0.4 is 5.73 Å². The van der Waals surface area contributed by atoms with Crippen molar-refractivity contribution in [3.8, 4) is 0 Å². The Hall–Kier alpha value is -1.03. The quantitative estimate of drug-likeness (QED) is 0.905. The lowest BCUT2D eigenvalue weighted by molar-refractivity contribution is 0.0483. The van der Waals surface area contributed by atoms with Crippen LogP contribution in [0.1, 0.15) is 32.6 Å². The van der Waals surface area contributed by atoms with Crippen molar-refractivity contribution >= 4 is 22.6 Å². The van der Waals surface area contributed by atoms with E-state index in [1.54, 1.807) is 0 Å². The predicted octanol–water partition coefficient (Wildman–Crippen LogP) is 4.15. The summed E-state index contributed by atoms with van der Waals surface area (Å²) in [5.41, 5.74) is 7.16. The molecule has 3 rings (SSSR count). The molecular formula is C16H20ClNO2. The number of ether oxygens (including phenoxy) is 1. The topological polar surface area (TPSA) is 48.4 Å². The van der Waals surface area contributed by atoms with Crippen LogP contribution in [0.25, 0.3) is 11.0 Å². The Bertz CT molecular complexity index is 624. The zero-order chi connectivity index (χ0) is 14.4. The first-order valence-corrected chi connectivity index (χ1v) is 7.46. The molecule has 1 aliphatic heterocycles. The molecule has 1 aromatic heterocycles. The van der Waals surface area contributed by atoms with Crippen LogP contribution in [-0.4, -0.2) is 12.2 Å². The third kappa shape index (κ3) is 2.14. The highest BCUT2D eigenvalue weighted by molar-refractivity contribution is 6.34. The van der Waals surface area contributed by atoms with E-state index in [1.807, 2.05) is 24.3 Å². The number of para-hydroxylation sites is 1. The van der Waals surface area contributed by atoms with Crippen LogP contribution in [0.5, 0.6) is 0 Å². The molecule has 0 aliphatic carbocycles. The Morgan fingerprint density at radius 3 is 2.55 bits per heavy atom. The van der Waals surface area contributed by atoms with Crippen LogP contribution >= 0.6 is 11.6 Å². The van der Waals surface area contributed by atoms with E-state index in [-0.39, 0.29) is 24.2 Å². The molecule has 5 atom stereocenters. The molecule has 1 saturated heterocycles. The summed E-state index contributed by atoms with van der Waals surface area (Å²) in [5, 5.41) is 1.62. The van der Waals surface area contributed by atoms with Crippen molar-refractivity contribution in [2.45, 2.75) is 39.0 Å². The van der Waals surface area contributed by atoms with Gasteiger partial charge in [-0.1, -0.05) is 30.7 Å². The first-order chi connectivity index (χ1) is 9.49. The maximum Gasteiger partial charge on any atom is 0.152 e. The van der Waals surface area contributed by atoms with E-state index in [2.05, 4.69) is 20.8 Å². The largest absolute Gasteiger partial charge is 0.458 e. The summed E-state index contributed by atoms with van der Waals surface area (Å²) in [5.74, 6) is 1.45. The van der Waals surface area contributed by atoms with Gasteiger partial charge in [0.25, 0.3) is 0 Å². The monoisotopic (exact) mass is 293 g/mol. The molecular weight excluding hydrogens is 274 g/mol. The number of hydrogen-bond acceptors (Lipinski definition) is 3. The minimum absolute atomic E-state index is 0.138. The highest BCUT2D eigenvalue weighted by atomic mass is 35.5. The van der Waals surface area contributed by atoms with Crippen LogP contribution in [0.15, 0.2) is 28.7 Å². The van der Waals surface area contributed by atoms with Crippen LogP contribution in [0.3, 0.4) is 0 Å².